The number of benzene rings is 3. The van der Waals surface area contributed by atoms with Crippen LogP contribution in [0.5, 0.6) is 11.5 Å². The standard InChI is InChI=1S/C27H21F4NO4/c1-15(10-26(33)32-17-6-9-23(28)22(11-17)27(29,30)31)19-12-20-21(14-36-25(20)13-24(19)35-3)16-4-7-18(34-2)8-5-16/h4-14H,1-3H3,(H,32,33)/b15-10+. The normalized spacial score (nSPS) is 12.0. The fourth-order valence-corrected chi connectivity index (χ4v) is 3.80. The lowest BCUT2D eigenvalue weighted by Gasteiger charge is -2.12. The Morgan fingerprint density at radius 2 is 1.72 bits per heavy atom. The van der Waals surface area contributed by atoms with E-state index in [1.54, 1.807) is 26.4 Å². The zero-order valence-electron chi connectivity index (χ0n) is 19.5. The Hall–Kier alpha value is -4.27. The minimum atomic E-state index is -4.88. The predicted molar refractivity (Wildman–Crippen MR) is 128 cm³/mol. The van der Waals surface area contributed by atoms with E-state index in [4.69, 9.17) is 13.9 Å². The second-order valence-corrected chi connectivity index (χ2v) is 7.94. The summed E-state index contributed by atoms with van der Waals surface area (Å²) in [6.45, 7) is 1.67. The van der Waals surface area contributed by atoms with Crippen LogP contribution in [-0.2, 0) is 11.0 Å². The van der Waals surface area contributed by atoms with E-state index in [1.807, 2.05) is 30.3 Å². The Bertz CT molecular complexity index is 1450. The van der Waals surface area contributed by atoms with Crippen LogP contribution in [0.25, 0.3) is 27.7 Å². The molecule has 1 amide bonds. The summed E-state index contributed by atoms with van der Waals surface area (Å²) in [5.74, 6) is -0.946. The summed E-state index contributed by atoms with van der Waals surface area (Å²) in [5, 5.41) is 3.12. The number of hydrogen-bond donors (Lipinski definition) is 1. The number of ether oxygens (including phenoxy) is 2. The Labute approximate surface area is 203 Å². The van der Waals surface area contributed by atoms with Crippen molar-refractivity contribution < 1.29 is 36.2 Å². The number of carbonyl (C=O) groups is 1. The van der Waals surface area contributed by atoms with Gasteiger partial charge < -0.3 is 19.2 Å². The van der Waals surface area contributed by atoms with Gasteiger partial charge in [-0.3, -0.25) is 4.79 Å². The largest absolute Gasteiger partial charge is 0.497 e. The van der Waals surface area contributed by atoms with Gasteiger partial charge in [0.2, 0.25) is 5.91 Å². The average molecular weight is 499 g/mol. The number of amides is 1. The fraction of sp³-hybridized carbons (Fsp3) is 0.148. The van der Waals surface area contributed by atoms with Gasteiger partial charge in [0, 0.05) is 34.3 Å². The van der Waals surface area contributed by atoms with Crippen LogP contribution in [0.1, 0.15) is 18.1 Å². The van der Waals surface area contributed by atoms with Crippen LogP contribution in [-0.4, -0.2) is 20.1 Å². The molecule has 4 aromatic rings. The molecule has 3 aromatic carbocycles. The molecule has 0 unspecified atom stereocenters. The van der Waals surface area contributed by atoms with Crippen molar-refractivity contribution >= 4 is 28.1 Å². The molecule has 36 heavy (non-hydrogen) atoms. The van der Waals surface area contributed by atoms with E-state index in [0.717, 1.165) is 22.6 Å². The number of alkyl halides is 3. The molecule has 0 aliphatic heterocycles. The van der Waals surface area contributed by atoms with Gasteiger partial charge in [0.05, 0.1) is 26.0 Å². The van der Waals surface area contributed by atoms with Crippen LogP contribution in [0.3, 0.4) is 0 Å². The number of halogens is 4. The van der Waals surface area contributed by atoms with Crippen molar-refractivity contribution in [2.75, 3.05) is 19.5 Å². The highest BCUT2D eigenvalue weighted by Crippen LogP contribution is 2.38. The minimum Gasteiger partial charge on any atom is -0.497 e. The highest BCUT2D eigenvalue weighted by molar-refractivity contribution is 6.05. The van der Waals surface area contributed by atoms with Gasteiger partial charge in [0.1, 0.15) is 22.9 Å². The van der Waals surface area contributed by atoms with Crippen LogP contribution in [0.15, 0.2) is 71.4 Å². The molecular formula is C27H21F4NO4. The third kappa shape index (κ3) is 5.05. The molecule has 9 heteroatoms. The SMILES string of the molecule is COc1ccc(-c2coc3cc(OC)c(/C(C)=C/C(=O)Nc4ccc(F)c(C(F)(F)F)c4)cc23)cc1. The molecule has 4 rings (SSSR count). The van der Waals surface area contributed by atoms with Crippen molar-refractivity contribution in [1.29, 1.82) is 0 Å². The summed E-state index contributed by atoms with van der Waals surface area (Å²) in [5.41, 5.74) is 1.72. The number of methoxy groups -OCH3 is 2. The molecule has 0 spiro atoms. The average Bonchev–Trinajstić information content (AvgIpc) is 3.26. The molecule has 1 aromatic heterocycles. The van der Waals surface area contributed by atoms with Crippen molar-refractivity contribution in [3.8, 4) is 22.6 Å². The fourth-order valence-electron chi connectivity index (χ4n) is 3.80. The van der Waals surface area contributed by atoms with E-state index in [0.29, 0.717) is 40.4 Å². The predicted octanol–water partition coefficient (Wildman–Crippen LogP) is 7.32. The van der Waals surface area contributed by atoms with Crippen LogP contribution in [0.4, 0.5) is 23.2 Å². The number of furan rings is 1. The molecule has 0 saturated heterocycles. The van der Waals surface area contributed by atoms with E-state index in [1.165, 1.54) is 13.2 Å². The lowest BCUT2D eigenvalue weighted by molar-refractivity contribution is -0.140. The Morgan fingerprint density at radius 1 is 1.00 bits per heavy atom. The number of nitrogens with one attached hydrogen (secondary N) is 1. The summed E-state index contributed by atoms with van der Waals surface area (Å²) in [7, 11) is 3.06. The van der Waals surface area contributed by atoms with Crippen LogP contribution in [0.2, 0.25) is 0 Å². The molecule has 1 N–H and O–H groups in total. The summed E-state index contributed by atoms with van der Waals surface area (Å²) in [4.78, 5) is 12.6. The Morgan fingerprint density at radius 3 is 2.36 bits per heavy atom. The van der Waals surface area contributed by atoms with Gasteiger partial charge in [-0.15, -0.1) is 0 Å². The van der Waals surface area contributed by atoms with Crippen molar-refractivity contribution in [3.63, 3.8) is 0 Å². The second-order valence-electron chi connectivity index (χ2n) is 7.94. The number of anilines is 1. The maximum atomic E-state index is 13.5. The smallest absolute Gasteiger partial charge is 0.419 e. The van der Waals surface area contributed by atoms with Crippen LogP contribution < -0.4 is 14.8 Å². The first-order valence-corrected chi connectivity index (χ1v) is 10.7. The Kier molecular flexibility index (Phi) is 6.74. The van der Waals surface area contributed by atoms with E-state index >= 15 is 0 Å². The molecule has 0 saturated carbocycles. The van der Waals surface area contributed by atoms with Crippen molar-refractivity contribution in [2.45, 2.75) is 13.1 Å². The molecule has 0 bridgehead atoms. The number of fused-ring (bicyclic) bond motifs is 1. The second kappa shape index (κ2) is 9.77. The third-order valence-corrected chi connectivity index (χ3v) is 5.61. The van der Waals surface area contributed by atoms with Crippen molar-refractivity contribution in [3.05, 3.63) is 83.9 Å². The van der Waals surface area contributed by atoms with Crippen molar-refractivity contribution in [1.82, 2.24) is 0 Å². The molecule has 5 nitrogen and oxygen atoms in total. The lowest BCUT2D eigenvalue weighted by Crippen LogP contribution is -2.12. The van der Waals surface area contributed by atoms with Gasteiger partial charge in [-0.2, -0.15) is 13.2 Å². The van der Waals surface area contributed by atoms with Crippen molar-refractivity contribution in [2.24, 2.45) is 0 Å². The quantitative estimate of drug-likeness (QED) is 0.223. The molecule has 0 aliphatic rings. The van der Waals surface area contributed by atoms with Gasteiger partial charge in [-0.25, -0.2) is 4.39 Å². The molecule has 0 aliphatic carbocycles. The highest BCUT2D eigenvalue weighted by atomic mass is 19.4. The van der Waals surface area contributed by atoms with Gasteiger partial charge >= 0.3 is 6.18 Å². The van der Waals surface area contributed by atoms with Crippen LogP contribution >= 0.6 is 0 Å². The molecular weight excluding hydrogens is 478 g/mol. The van der Waals surface area contributed by atoms with E-state index in [-0.39, 0.29) is 5.69 Å². The summed E-state index contributed by atoms with van der Waals surface area (Å²) in [6, 6.07) is 13.2. The lowest BCUT2D eigenvalue weighted by atomic mass is 9.99. The zero-order valence-corrected chi connectivity index (χ0v) is 19.5. The first-order valence-electron chi connectivity index (χ1n) is 10.7. The molecule has 1 heterocycles. The minimum absolute atomic E-state index is 0.184. The Balaban J connectivity index is 1.67. The molecule has 0 radical (unpaired) electrons. The monoisotopic (exact) mass is 499 g/mol. The summed E-state index contributed by atoms with van der Waals surface area (Å²) in [6.07, 6.45) is -2.03. The van der Waals surface area contributed by atoms with Gasteiger partial charge in [-0.05, 0) is 54.5 Å². The van der Waals surface area contributed by atoms with E-state index in [2.05, 4.69) is 5.32 Å². The first-order chi connectivity index (χ1) is 17.1. The van der Waals surface area contributed by atoms with Gasteiger partial charge in [0.25, 0.3) is 0 Å². The maximum absolute atomic E-state index is 13.5. The van der Waals surface area contributed by atoms with Crippen LogP contribution in [0, 0.1) is 5.82 Å². The van der Waals surface area contributed by atoms with Gasteiger partial charge in [0.15, 0.2) is 0 Å². The molecule has 0 fully saturated rings. The number of rotatable bonds is 6. The summed E-state index contributed by atoms with van der Waals surface area (Å²) >= 11 is 0. The maximum Gasteiger partial charge on any atom is 0.419 e. The highest BCUT2D eigenvalue weighted by Gasteiger charge is 2.34. The van der Waals surface area contributed by atoms with E-state index in [9.17, 15) is 22.4 Å². The number of carbonyl (C=O) groups excluding carboxylic acids is 1. The molecule has 186 valence electrons. The zero-order chi connectivity index (χ0) is 26.0. The third-order valence-electron chi connectivity index (χ3n) is 5.61. The van der Waals surface area contributed by atoms with E-state index < -0.39 is 23.5 Å². The number of hydrogen-bond acceptors (Lipinski definition) is 4. The number of allylic oxidation sites excluding steroid dienone is 1. The molecule has 0 atom stereocenters. The first kappa shape index (κ1) is 24.8. The van der Waals surface area contributed by atoms with Gasteiger partial charge in [-0.1, -0.05) is 12.1 Å². The topological polar surface area (TPSA) is 60.7 Å². The summed E-state index contributed by atoms with van der Waals surface area (Å²) < 4.78 is 68.9.